The topological polar surface area (TPSA) is 49.9 Å². The van der Waals surface area contributed by atoms with Gasteiger partial charge in [0, 0.05) is 30.5 Å². The van der Waals surface area contributed by atoms with Crippen LogP contribution in [-0.2, 0) is 27.4 Å². The van der Waals surface area contributed by atoms with Gasteiger partial charge in [-0.25, -0.2) is 0 Å². The number of aryl methyl sites for hydroxylation is 1. The molecule has 0 N–H and O–H groups in total. The van der Waals surface area contributed by atoms with Crippen molar-refractivity contribution in [3.63, 3.8) is 0 Å². The Morgan fingerprint density at radius 3 is 2.50 bits per heavy atom. The maximum absolute atomic E-state index is 13.4. The molecule has 30 heavy (non-hydrogen) atoms. The molecule has 1 saturated heterocycles. The molecular formula is C24H32N2O3S. The third kappa shape index (κ3) is 6.16. The van der Waals surface area contributed by atoms with Gasteiger partial charge in [-0.2, -0.15) is 0 Å². The highest BCUT2D eigenvalue weighted by molar-refractivity contribution is 7.10. The largest absolute Gasteiger partial charge is 0.376 e. The molecule has 2 amide bonds. The molecule has 0 bridgehead atoms. The number of hydrogen-bond acceptors (Lipinski definition) is 4. The summed E-state index contributed by atoms with van der Waals surface area (Å²) in [6.07, 6.45) is 1.99. The molecule has 0 saturated carbocycles. The van der Waals surface area contributed by atoms with Crippen molar-refractivity contribution in [3.05, 3.63) is 57.8 Å². The van der Waals surface area contributed by atoms with Gasteiger partial charge in [0.25, 0.3) is 0 Å². The van der Waals surface area contributed by atoms with E-state index in [-0.39, 0.29) is 30.4 Å². The maximum atomic E-state index is 13.4. The Hall–Kier alpha value is -2.18. The SMILES string of the molecule is Cc1ccsc1CN(Cc1ccccc1)C(=O)CN(C[C@@H]1CCCO1)C(=O)C(C)C. The molecule has 162 valence electrons. The van der Waals surface area contributed by atoms with Crippen LogP contribution in [0.25, 0.3) is 0 Å². The molecule has 2 aromatic rings. The Morgan fingerprint density at radius 1 is 1.13 bits per heavy atom. The van der Waals surface area contributed by atoms with Gasteiger partial charge in [0.05, 0.1) is 19.2 Å². The first-order chi connectivity index (χ1) is 14.4. The normalized spacial score (nSPS) is 16.1. The summed E-state index contributed by atoms with van der Waals surface area (Å²) in [4.78, 5) is 31.0. The lowest BCUT2D eigenvalue weighted by molar-refractivity contribution is -0.144. The second-order valence-corrected chi connectivity index (χ2v) is 9.27. The highest BCUT2D eigenvalue weighted by Crippen LogP contribution is 2.20. The third-order valence-electron chi connectivity index (χ3n) is 5.45. The predicted molar refractivity (Wildman–Crippen MR) is 120 cm³/mol. The van der Waals surface area contributed by atoms with Gasteiger partial charge in [-0.05, 0) is 42.3 Å². The van der Waals surface area contributed by atoms with E-state index in [1.54, 1.807) is 16.2 Å². The maximum Gasteiger partial charge on any atom is 0.242 e. The smallest absolute Gasteiger partial charge is 0.242 e. The highest BCUT2D eigenvalue weighted by atomic mass is 32.1. The highest BCUT2D eigenvalue weighted by Gasteiger charge is 2.27. The second kappa shape index (κ2) is 10.7. The zero-order valence-corrected chi connectivity index (χ0v) is 19.0. The van der Waals surface area contributed by atoms with Crippen molar-refractivity contribution in [1.29, 1.82) is 0 Å². The molecule has 3 rings (SSSR count). The molecule has 0 spiro atoms. The summed E-state index contributed by atoms with van der Waals surface area (Å²) >= 11 is 1.67. The van der Waals surface area contributed by atoms with Crippen molar-refractivity contribution in [1.82, 2.24) is 9.80 Å². The summed E-state index contributed by atoms with van der Waals surface area (Å²) in [5, 5.41) is 2.06. The van der Waals surface area contributed by atoms with Crippen molar-refractivity contribution >= 4 is 23.2 Å². The van der Waals surface area contributed by atoms with Gasteiger partial charge in [0.1, 0.15) is 0 Å². The predicted octanol–water partition coefficient (Wildman–Crippen LogP) is 4.25. The van der Waals surface area contributed by atoms with Gasteiger partial charge in [-0.1, -0.05) is 44.2 Å². The molecule has 1 aliphatic heterocycles. The van der Waals surface area contributed by atoms with Gasteiger partial charge >= 0.3 is 0 Å². The Balaban J connectivity index is 1.76. The van der Waals surface area contributed by atoms with Crippen molar-refractivity contribution in [2.75, 3.05) is 19.7 Å². The number of amides is 2. The molecule has 0 aliphatic carbocycles. The van der Waals surface area contributed by atoms with Crippen LogP contribution in [0.15, 0.2) is 41.8 Å². The van der Waals surface area contributed by atoms with Crippen LogP contribution in [0.3, 0.4) is 0 Å². The van der Waals surface area contributed by atoms with E-state index in [4.69, 9.17) is 4.74 Å². The van der Waals surface area contributed by atoms with Crippen molar-refractivity contribution < 1.29 is 14.3 Å². The third-order valence-corrected chi connectivity index (χ3v) is 6.46. The van der Waals surface area contributed by atoms with Crippen LogP contribution in [0, 0.1) is 12.8 Å². The number of carbonyl (C=O) groups is 2. The van der Waals surface area contributed by atoms with Crippen molar-refractivity contribution in [3.8, 4) is 0 Å². The molecule has 0 radical (unpaired) electrons. The molecule has 1 fully saturated rings. The lowest BCUT2D eigenvalue weighted by Crippen LogP contribution is -2.46. The van der Waals surface area contributed by atoms with Gasteiger partial charge in [0.2, 0.25) is 11.8 Å². The van der Waals surface area contributed by atoms with Crippen LogP contribution in [0.2, 0.25) is 0 Å². The molecule has 5 nitrogen and oxygen atoms in total. The van der Waals surface area contributed by atoms with E-state index in [1.165, 1.54) is 10.4 Å². The molecule has 1 aromatic heterocycles. The molecule has 1 aromatic carbocycles. The van der Waals surface area contributed by atoms with Gasteiger partial charge in [-0.3, -0.25) is 9.59 Å². The quantitative estimate of drug-likeness (QED) is 0.600. The standard InChI is InChI=1S/C24H32N2O3S/c1-18(2)24(28)26(15-21-10-7-12-29-21)17-23(27)25(14-20-8-5-4-6-9-20)16-22-19(3)11-13-30-22/h4-6,8-9,11,13,18,21H,7,10,12,14-17H2,1-3H3/t21-/m0/s1. The summed E-state index contributed by atoms with van der Waals surface area (Å²) < 4.78 is 5.73. The van der Waals surface area contributed by atoms with Crippen LogP contribution >= 0.6 is 11.3 Å². The van der Waals surface area contributed by atoms with Crippen LogP contribution in [0.4, 0.5) is 0 Å². The summed E-state index contributed by atoms with van der Waals surface area (Å²) in [6, 6.07) is 12.1. The fraction of sp³-hybridized carbons (Fsp3) is 0.500. The fourth-order valence-corrected chi connectivity index (χ4v) is 4.59. The van der Waals surface area contributed by atoms with E-state index in [9.17, 15) is 9.59 Å². The first-order valence-corrected chi connectivity index (χ1v) is 11.6. The van der Waals surface area contributed by atoms with Gasteiger partial charge in [-0.15, -0.1) is 11.3 Å². The molecule has 0 unspecified atom stereocenters. The minimum Gasteiger partial charge on any atom is -0.376 e. The van der Waals surface area contributed by atoms with E-state index < -0.39 is 0 Å². The average Bonchev–Trinajstić information content (AvgIpc) is 3.39. The Kier molecular flexibility index (Phi) is 8.05. The minimum atomic E-state index is -0.152. The first-order valence-electron chi connectivity index (χ1n) is 10.7. The van der Waals surface area contributed by atoms with Crippen LogP contribution in [0.1, 0.15) is 42.7 Å². The van der Waals surface area contributed by atoms with Gasteiger partial charge < -0.3 is 14.5 Å². The molecule has 2 heterocycles. The number of nitrogens with zero attached hydrogens (tertiary/aromatic N) is 2. The number of carbonyl (C=O) groups excluding carboxylic acids is 2. The van der Waals surface area contributed by atoms with E-state index in [2.05, 4.69) is 18.4 Å². The zero-order valence-electron chi connectivity index (χ0n) is 18.2. The Morgan fingerprint density at radius 2 is 1.90 bits per heavy atom. The van der Waals surface area contributed by atoms with Crippen molar-refractivity contribution in [2.24, 2.45) is 5.92 Å². The summed E-state index contributed by atoms with van der Waals surface area (Å²) in [7, 11) is 0. The number of benzene rings is 1. The minimum absolute atomic E-state index is 0.00538. The summed E-state index contributed by atoms with van der Waals surface area (Å²) in [5.74, 6) is -0.175. The Bertz CT molecular complexity index is 828. The van der Waals surface area contributed by atoms with Crippen LogP contribution in [0.5, 0.6) is 0 Å². The van der Waals surface area contributed by atoms with E-state index in [0.29, 0.717) is 19.6 Å². The Labute approximate surface area is 183 Å². The lowest BCUT2D eigenvalue weighted by atomic mass is 10.1. The molecule has 1 aliphatic rings. The van der Waals surface area contributed by atoms with Crippen LogP contribution in [-0.4, -0.2) is 47.4 Å². The number of thiophene rings is 1. The first kappa shape index (κ1) is 22.5. The average molecular weight is 429 g/mol. The number of ether oxygens (including phenoxy) is 1. The molecular weight excluding hydrogens is 396 g/mol. The van der Waals surface area contributed by atoms with E-state index >= 15 is 0 Å². The number of hydrogen-bond donors (Lipinski definition) is 0. The monoisotopic (exact) mass is 428 g/mol. The molecule has 1 atom stereocenters. The summed E-state index contributed by atoms with van der Waals surface area (Å²) in [6.45, 7) is 8.23. The van der Waals surface area contributed by atoms with E-state index in [0.717, 1.165) is 25.0 Å². The van der Waals surface area contributed by atoms with Gasteiger partial charge in [0.15, 0.2) is 0 Å². The fourth-order valence-electron chi connectivity index (χ4n) is 3.67. The second-order valence-electron chi connectivity index (χ2n) is 8.27. The zero-order chi connectivity index (χ0) is 21.5. The molecule has 6 heteroatoms. The van der Waals surface area contributed by atoms with Crippen LogP contribution < -0.4 is 0 Å². The summed E-state index contributed by atoms with van der Waals surface area (Å²) in [5.41, 5.74) is 2.28. The lowest BCUT2D eigenvalue weighted by Gasteiger charge is -2.30. The number of rotatable bonds is 9. The van der Waals surface area contributed by atoms with Crippen molar-refractivity contribution in [2.45, 2.75) is 52.8 Å². The van der Waals surface area contributed by atoms with E-state index in [1.807, 2.05) is 49.1 Å².